The van der Waals surface area contributed by atoms with Crippen molar-refractivity contribution in [1.82, 2.24) is 0 Å². The lowest BCUT2D eigenvalue weighted by atomic mass is 9.68. The second-order valence-electron chi connectivity index (χ2n) is 7.89. The average Bonchev–Trinajstić information content (AvgIpc) is 2.92. The van der Waals surface area contributed by atoms with E-state index in [1.54, 1.807) is 6.92 Å². The number of carboxylic acids is 1. The van der Waals surface area contributed by atoms with Crippen LogP contribution in [-0.4, -0.2) is 16.7 Å². The SMILES string of the molecule is CCC(C)(Oc1ccc2c(c1)-c1ccccc1C21CCCCC1)C(=O)O. The molecule has 0 saturated heterocycles. The first-order chi connectivity index (χ1) is 12.5. The molecule has 2 aromatic rings. The molecule has 3 nitrogen and oxygen atoms in total. The molecule has 2 aromatic carbocycles. The molecule has 1 spiro atoms. The van der Waals surface area contributed by atoms with Crippen molar-refractivity contribution in [3.8, 4) is 16.9 Å². The number of ether oxygens (including phenoxy) is 1. The summed E-state index contributed by atoms with van der Waals surface area (Å²) in [5, 5.41) is 9.52. The van der Waals surface area contributed by atoms with Gasteiger partial charge in [-0.25, -0.2) is 4.79 Å². The van der Waals surface area contributed by atoms with Crippen molar-refractivity contribution >= 4 is 5.97 Å². The van der Waals surface area contributed by atoms with Gasteiger partial charge in [-0.15, -0.1) is 0 Å². The van der Waals surface area contributed by atoms with Gasteiger partial charge in [-0.05, 0) is 60.6 Å². The monoisotopic (exact) mass is 350 g/mol. The van der Waals surface area contributed by atoms with Gasteiger partial charge in [0, 0.05) is 5.41 Å². The van der Waals surface area contributed by atoms with Gasteiger partial charge in [-0.1, -0.05) is 56.5 Å². The Morgan fingerprint density at radius 2 is 1.77 bits per heavy atom. The molecular weight excluding hydrogens is 324 g/mol. The maximum atomic E-state index is 11.6. The Kier molecular flexibility index (Phi) is 4.06. The van der Waals surface area contributed by atoms with Crippen LogP contribution in [0.3, 0.4) is 0 Å². The summed E-state index contributed by atoms with van der Waals surface area (Å²) in [7, 11) is 0. The number of rotatable bonds is 4. The summed E-state index contributed by atoms with van der Waals surface area (Å²) in [5.41, 5.74) is 4.24. The smallest absolute Gasteiger partial charge is 0.347 e. The third-order valence-corrected chi connectivity index (χ3v) is 6.42. The normalized spacial score (nSPS) is 19.5. The summed E-state index contributed by atoms with van der Waals surface area (Å²) in [5.74, 6) is -0.289. The summed E-state index contributed by atoms with van der Waals surface area (Å²) in [6, 6.07) is 14.9. The Morgan fingerprint density at radius 3 is 2.46 bits per heavy atom. The molecule has 2 aliphatic rings. The van der Waals surface area contributed by atoms with Crippen LogP contribution < -0.4 is 4.74 Å². The highest BCUT2D eigenvalue weighted by Gasteiger charge is 2.44. The standard InChI is InChI=1S/C23H26O3/c1-3-22(2,21(24)25)26-16-11-12-20-18(15-16)17-9-5-6-10-19(17)23(20)13-7-4-8-14-23/h5-6,9-12,15H,3-4,7-8,13-14H2,1-2H3,(H,24,25). The first-order valence-electron chi connectivity index (χ1n) is 9.67. The maximum Gasteiger partial charge on any atom is 0.347 e. The zero-order valence-corrected chi connectivity index (χ0v) is 15.5. The van der Waals surface area contributed by atoms with E-state index in [2.05, 4.69) is 30.3 Å². The van der Waals surface area contributed by atoms with Crippen LogP contribution in [0.5, 0.6) is 5.75 Å². The van der Waals surface area contributed by atoms with Crippen LogP contribution in [0.2, 0.25) is 0 Å². The largest absolute Gasteiger partial charge is 0.478 e. The molecule has 0 aliphatic heterocycles. The Labute approximate surface area is 155 Å². The van der Waals surface area contributed by atoms with Crippen molar-refractivity contribution in [2.24, 2.45) is 0 Å². The van der Waals surface area contributed by atoms with Gasteiger partial charge in [0.25, 0.3) is 0 Å². The van der Waals surface area contributed by atoms with E-state index in [1.165, 1.54) is 54.4 Å². The highest BCUT2D eigenvalue weighted by Crippen LogP contribution is 2.56. The van der Waals surface area contributed by atoms with Gasteiger partial charge < -0.3 is 9.84 Å². The predicted octanol–water partition coefficient (Wildman–Crippen LogP) is 5.55. The molecule has 0 amide bonds. The van der Waals surface area contributed by atoms with E-state index in [9.17, 15) is 9.90 Å². The average molecular weight is 350 g/mol. The van der Waals surface area contributed by atoms with E-state index in [4.69, 9.17) is 4.74 Å². The fourth-order valence-corrected chi connectivity index (χ4v) is 4.73. The van der Waals surface area contributed by atoms with Gasteiger partial charge in [0.05, 0.1) is 0 Å². The van der Waals surface area contributed by atoms with Crippen LogP contribution in [0, 0.1) is 0 Å². The molecule has 3 heteroatoms. The van der Waals surface area contributed by atoms with Gasteiger partial charge in [0.15, 0.2) is 0 Å². The van der Waals surface area contributed by atoms with Gasteiger partial charge in [-0.2, -0.15) is 0 Å². The molecule has 1 fully saturated rings. The van der Waals surface area contributed by atoms with Crippen molar-refractivity contribution < 1.29 is 14.6 Å². The molecule has 1 unspecified atom stereocenters. The van der Waals surface area contributed by atoms with Crippen molar-refractivity contribution in [3.63, 3.8) is 0 Å². The lowest BCUT2D eigenvalue weighted by Gasteiger charge is -2.36. The fraction of sp³-hybridized carbons (Fsp3) is 0.435. The van der Waals surface area contributed by atoms with Crippen LogP contribution >= 0.6 is 0 Å². The molecule has 1 N–H and O–H groups in total. The van der Waals surface area contributed by atoms with Gasteiger partial charge in [0.2, 0.25) is 5.60 Å². The van der Waals surface area contributed by atoms with Crippen molar-refractivity contribution in [2.45, 2.75) is 63.4 Å². The minimum absolute atomic E-state index is 0.129. The number of carboxylic acid groups (broad SMARTS) is 1. The highest BCUT2D eigenvalue weighted by atomic mass is 16.5. The third kappa shape index (κ3) is 2.45. The molecule has 4 rings (SSSR count). The Balaban J connectivity index is 1.81. The maximum absolute atomic E-state index is 11.6. The number of fused-ring (bicyclic) bond motifs is 5. The number of carbonyl (C=O) groups is 1. The predicted molar refractivity (Wildman–Crippen MR) is 103 cm³/mol. The number of hydrogen-bond acceptors (Lipinski definition) is 2. The summed E-state index contributed by atoms with van der Waals surface area (Å²) in [4.78, 5) is 11.6. The first-order valence-corrected chi connectivity index (χ1v) is 9.67. The molecule has 2 aliphatic carbocycles. The van der Waals surface area contributed by atoms with Gasteiger partial charge >= 0.3 is 5.97 Å². The van der Waals surface area contributed by atoms with Crippen LogP contribution in [0.1, 0.15) is 63.5 Å². The van der Waals surface area contributed by atoms with Crippen LogP contribution in [0.15, 0.2) is 42.5 Å². The van der Waals surface area contributed by atoms with Crippen molar-refractivity contribution in [1.29, 1.82) is 0 Å². The zero-order valence-electron chi connectivity index (χ0n) is 15.5. The van der Waals surface area contributed by atoms with E-state index in [0.29, 0.717) is 12.2 Å². The van der Waals surface area contributed by atoms with Crippen molar-refractivity contribution in [3.05, 3.63) is 53.6 Å². The number of hydrogen-bond donors (Lipinski definition) is 1. The molecule has 0 radical (unpaired) electrons. The third-order valence-electron chi connectivity index (χ3n) is 6.42. The van der Waals surface area contributed by atoms with E-state index in [0.717, 1.165) is 0 Å². The van der Waals surface area contributed by atoms with E-state index in [1.807, 2.05) is 19.1 Å². The fourth-order valence-electron chi connectivity index (χ4n) is 4.73. The highest BCUT2D eigenvalue weighted by molar-refractivity contribution is 5.82. The zero-order chi connectivity index (χ0) is 18.4. The minimum Gasteiger partial charge on any atom is -0.478 e. The topological polar surface area (TPSA) is 46.5 Å². The lowest BCUT2D eigenvalue weighted by molar-refractivity contribution is -0.154. The van der Waals surface area contributed by atoms with E-state index in [-0.39, 0.29) is 5.41 Å². The summed E-state index contributed by atoms with van der Waals surface area (Å²) in [6.45, 7) is 3.48. The van der Waals surface area contributed by atoms with E-state index < -0.39 is 11.6 Å². The molecule has 26 heavy (non-hydrogen) atoms. The second-order valence-corrected chi connectivity index (χ2v) is 7.89. The molecule has 136 valence electrons. The van der Waals surface area contributed by atoms with Gasteiger partial charge in [0.1, 0.15) is 5.75 Å². The molecule has 0 heterocycles. The van der Waals surface area contributed by atoms with Crippen molar-refractivity contribution in [2.75, 3.05) is 0 Å². The van der Waals surface area contributed by atoms with Crippen LogP contribution in [0.25, 0.3) is 11.1 Å². The molecule has 1 atom stereocenters. The summed E-state index contributed by atoms with van der Waals surface area (Å²) >= 11 is 0. The summed E-state index contributed by atoms with van der Waals surface area (Å²) < 4.78 is 5.93. The summed E-state index contributed by atoms with van der Waals surface area (Å²) in [6.07, 6.45) is 6.64. The number of aliphatic carboxylic acids is 1. The molecule has 1 saturated carbocycles. The van der Waals surface area contributed by atoms with Crippen LogP contribution in [0.4, 0.5) is 0 Å². The Bertz CT molecular complexity index is 848. The molecular formula is C23H26O3. The minimum atomic E-state index is -1.20. The van der Waals surface area contributed by atoms with Gasteiger partial charge in [-0.3, -0.25) is 0 Å². The second kappa shape index (κ2) is 6.15. The lowest BCUT2D eigenvalue weighted by Crippen LogP contribution is -2.40. The number of benzene rings is 2. The Morgan fingerprint density at radius 1 is 1.08 bits per heavy atom. The molecule has 0 aromatic heterocycles. The first kappa shape index (κ1) is 17.1. The molecule has 0 bridgehead atoms. The van der Waals surface area contributed by atoms with E-state index >= 15 is 0 Å². The van der Waals surface area contributed by atoms with Crippen LogP contribution in [-0.2, 0) is 10.2 Å². The Hall–Kier alpha value is -2.29. The quantitative estimate of drug-likeness (QED) is 0.786.